The van der Waals surface area contributed by atoms with Gasteiger partial charge in [-0.25, -0.2) is 4.79 Å². The van der Waals surface area contributed by atoms with Gasteiger partial charge in [-0.3, -0.25) is 4.79 Å². The van der Waals surface area contributed by atoms with Crippen LogP contribution in [0.5, 0.6) is 0 Å². The lowest BCUT2D eigenvalue weighted by atomic mass is 9.43. The number of esters is 1. The zero-order valence-corrected chi connectivity index (χ0v) is 22.8. The first-order valence-electron chi connectivity index (χ1n) is 14.6. The molecule has 4 saturated carbocycles. The molecule has 0 heterocycles. The number of carbonyl (C=O) groups is 2. The SMILES string of the molecule is COCCC[C@@H](C)[C@H]1CC[C@H]2[C@@H]3CC[C@@H]4CC(=O)CC[C@]4(C)[C@H]3C[C@H](OC(=O)c3ccccc3)[C@]12C. The van der Waals surface area contributed by atoms with Crippen LogP contribution >= 0.6 is 0 Å². The Morgan fingerprint density at radius 3 is 2.61 bits per heavy atom. The highest BCUT2D eigenvalue weighted by Gasteiger charge is 2.65. The van der Waals surface area contributed by atoms with Crippen LogP contribution in [0.25, 0.3) is 0 Å². The van der Waals surface area contributed by atoms with E-state index in [1.54, 1.807) is 7.11 Å². The van der Waals surface area contributed by atoms with Crippen molar-refractivity contribution in [2.45, 2.75) is 91.1 Å². The van der Waals surface area contributed by atoms with Crippen molar-refractivity contribution in [3.8, 4) is 0 Å². The number of methoxy groups -OCH3 is 1. The number of ether oxygens (including phenoxy) is 2. The van der Waals surface area contributed by atoms with Crippen LogP contribution in [0.15, 0.2) is 30.3 Å². The summed E-state index contributed by atoms with van der Waals surface area (Å²) in [5.41, 5.74) is 0.849. The van der Waals surface area contributed by atoms with Crippen molar-refractivity contribution in [1.29, 1.82) is 0 Å². The van der Waals surface area contributed by atoms with Gasteiger partial charge >= 0.3 is 5.97 Å². The maximum absolute atomic E-state index is 13.4. The van der Waals surface area contributed by atoms with Gasteiger partial charge < -0.3 is 9.47 Å². The largest absolute Gasteiger partial charge is 0.458 e. The Kier molecular flexibility index (Phi) is 7.38. The highest BCUT2D eigenvalue weighted by Crippen LogP contribution is 2.68. The van der Waals surface area contributed by atoms with Crippen molar-refractivity contribution >= 4 is 11.8 Å². The number of hydrogen-bond donors (Lipinski definition) is 0. The van der Waals surface area contributed by atoms with Crippen molar-refractivity contribution in [2.24, 2.45) is 46.3 Å². The first kappa shape index (κ1) is 25.9. The summed E-state index contributed by atoms with van der Waals surface area (Å²) in [7, 11) is 1.79. The molecule has 0 saturated heterocycles. The molecule has 4 fully saturated rings. The van der Waals surface area contributed by atoms with E-state index in [-0.39, 0.29) is 22.9 Å². The summed E-state index contributed by atoms with van der Waals surface area (Å²) < 4.78 is 11.9. The average molecular weight is 495 g/mol. The molecule has 4 nitrogen and oxygen atoms in total. The maximum atomic E-state index is 13.4. The molecule has 198 valence electrons. The van der Waals surface area contributed by atoms with E-state index in [9.17, 15) is 9.59 Å². The molecule has 9 atom stereocenters. The van der Waals surface area contributed by atoms with Gasteiger partial charge in [-0.15, -0.1) is 0 Å². The molecule has 4 heteroatoms. The van der Waals surface area contributed by atoms with E-state index in [1.807, 2.05) is 30.3 Å². The second-order valence-corrected chi connectivity index (χ2v) is 13.1. The minimum Gasteiger partial charge on any atom is -0.458 e. The van der Waals surface area contributed by atoms with Crippen molar-refractivity contribution in [3.63, 3.8) is 0 Å². The second kappa shape index (κ2) is 10.2. The molecule has 4 aliphatic carbocycles. The Morgan fingerprint density at radius 2 is 1.86 bits per heavy atom. The van der Waals surface area contributed by atoms with Crippen LogP contribution in [0.2, 0.25) is 0 Å². The van der Waals surface area contributed by atoms with Crippen LogP contribution in [0.1, 0.15) is 95.3 Å². The van der Waals surface area contributed by atoms with Crippen molar-refractivity contribution in [2.75, 3.05) is 13.7 Å². The van der Waals surface area contributed by atoms with E-state index in [4.69, 9.17) is 9.47 Å². The first-order valence-corrected chi connectivity index (χ1v) is 14.6. The Bertz CT molecular complexity index is 943. The highest BCUT2D eigenvalue weighted by molar-refractivity contribution is 5.89. The number of ketones is 1. The lowest BCUT2D eigenvalue weighted by Crippen LogP contribution is -2.59. The fourth-order valence-electron chi connectivity index (χ4n) is 9.64. The number of fused-ring (bicyclic) bond motifs is 5. The monoisotopic (exact) mass is 494 g/mol. The Balaban J connectivity index is 1.47. The Morgan fingerprint density at radius 1 is 1.08 bits per heavy atom. The Labute approximate surface area is 217 Å². The molecule has 36 heavy (non-hydrogen) atoms. The van der Waals surface area contributed by atoms with Crippen LogP contribution in [-0.4, -0.2) is 31.6 Å². The topological polar surface area (TPSA) is 52.6 Å². The predicted octanol–water partition coefficient (Wildman–Crippen LogP) is 7.11. The average Bonchev–Trinajstić information content (AvgIpc) is 3.24. The molecule has 4 aliphatic rings. The number of benzene rings is 1. The third-order valence-corrected chi connectivity index (χ3v) is 11.6. The summed E-state index contributed by atoms with van der Waals surface area (Å²) in [6.45, 7) is 8.17. The summed E-state index contributed by atoms with van der Waals surface area (Å²) in [5.74, 6) is 3.75. The van der Waals surface area contributed by atoms with Gasteiger partial charge in [-0.2, -0.15) is 0 Å². The summed E-state index contributed by atoms with van der Waals surface area (Å²) in [4.78, 5) is 25.8. The number of Topliss-reactive ketones (excluding diaryl/α,β-unsaturated/α-hetero) is 1. The molecule has 1 aromatic rings. The summed E-state index contributed by atoms with van der Waals surface area (Å²) >= 11 is 0. The molecule has 0 amide bonds. The lowest BCUT2D eigenvalue weighted by molar-refractivity contribution is -0.172. The summed E-state index contributed by atoms with van der Waals surface area (Å²) in [6, 6.07) is 9.53. The molecule has 0 aliphatic heterocycles. The molecule has 0 unspecified atom stereocenters. The molecule has 0 bridgehead atoms. The summed E-state index contributed by atoms with van der Waals surface area (Å²) in [5, 5.41) is 0. The first-order chi connectivity index (χ1) is 17.3. The molecule has 1 aromatic carbocycles. The number of carbonyl (C=O) groups excluding carboxylic acids is 2. The van der Waals surface area contributed by atoms with Gasteiger partial charge in [-0.05, 0) is 104 Å². The van der Waals surface area contributed by atoms with Gasteiger partial charge in [0.1, 0.15) is 11.9 Å². The van der Waals surface area contributed by atoms with Crippen LogP contribution < -0.4 is 0 Å². The van der Waals surface area contributed by atoms with E-state index >= 15 is 0 Å². The van der Waals surface area contributed by atoms with E-state index in [0.717, 1.165) is 45.1 Å². The number of hydrogen-bond acceptors (Lipinski definition) is 4. The third kappa shape index (κ3) is 4.36. The molecule has 0 aromatic heterocycles. The van der Waals surface area contributed by atoms with Crippen LogP contribution in [-0.2, 0) is 14.3 Å². The van der Waals surface area contributed by atoms with Gasteiger partial charge in [0.2, 0.25) is 0 Å². The summed E-state index contributed by atoms with van der Waals surface area (Å²) in [6.07, 6.45) is 10.5. The van der Waals surface area contributed by atoms with Crippen molar-refractivity contribution in [1.82, 2.24) is 0 Å². The minimum atomic E-state index is -0.173. The van der Waals surface area contributed by atoms with E-state index < -0.39 is 0 Å². The van der Waals surface area contributed by atoms with E-state index in [2.05, 4.69) is 20.8 Å². The molecule has 0 radical (unpaired) electrons. The predicted molar refractivity (Wildman–Crippen MR) is 142 cm³/mol. The lowest BCUT2D eigenvalue weighted by Gasteiger charge is -2.62. The van der Waals surface area contributed by atoms with Gasteiger partial charge in [0, 0.05) is 32.0 Å². The van der Waals surface area contributed by atoms with E-state index in [1.165, 1.54) is 25.7 Å². The van der Waals surface area contributed by atoms with Crippen LogP contribution in [0.3, 0.4) is 0 Å². The third-order valence-electron chi connectivity index (χ3n) is 11.6. The van der Waals surface area contributed by atoms with Gasteiger partial charge in [-0.1, -0.05) is 39.0 Å². The maximum Gasteiger partial charge on any atom is 0.338 e. The molecular weight excluding hydrogens is 448 g/mol. The normalized spacial score (nSPS) is 40.6. The number of rotatable bonds is 7. The fraction of sp³-hybridized carbons (Fsp3) is 0.750. The molecule has 5 rings (SSSR count). The highest BCUT2D eigenvalue weighted by atomic mass is 16.5. The second-order valence-electron chi connectivity index (χ2n) is 13.1. The van der Waals surface area contributed by atoms with Crippen molar-refractivity contribution in [3.05, 3.63) is 35.9 Å². The Hall–Kier alpha value is -1.68. The molecule has 0 N–H and O–H groups in total. The van der Waals surface area contributed by atoms with Crippen LogP contribution in [0, 0.1) is 46.3 Å². The standard InChI is InChI=1S/C32H46O4/c1-21(9-8-18-35-4)26-14-15-27-25-13-12-23-19-24(33)16-17-31(23,2)28(25)20-29(32(26,27)3)36-30(34)22-10-6-5-7-11-22/h5-7,10-11,21,23,25-29H,8-9,12-20H2,1-4H3/t21-,23-,25+,26-,27+,28+,29+,31+,32-/m1/s1. The minimum absolute atomic E-state index is 0.00573. The smallest absolute Gasteiger partial charge is 0.338 e. The quantitative estimate of drug-likeness (QED) is 0.299. The molecular formula is C32H46O4. The van der Waals surface area contributed by atoms with Gasteiger partial charge in [0.25, 0.3) is 0 Å². The zero-order valence-electron chi connectivity index (χ0n) is 22.8. The van der Waals surface area contributed by atoms with Gasteiger partial charge in [0.15, 0.2) is 0 Å². The van der Waals surface area contributed by atoms with Gasteiger partial charge in [0.05, 0.1) is 5.56 Å². The molecule has 0 spiro atoms. The fourth-order valence-corrected chi connectivity index (χ4v) is 9.64. The van der Waals surface area contributed by atoms with Crippen LogP contribution in [0.4, 0.5) is 0 Å². The zero-order chi connectivity index (χ0) is 25.5. The van der Waals surface area contributed by atoms with E-state index in [0.29, 0.717) is 46.9 Å². The van der Waals surface area contributed by atoms with Crippen molar-refractivity contribution < 1.29 is 19.1 Å².